The van der Waals surface area contributed by atoms with Gasteiger partial charge in [0.25, 0.3) is 0 Å². The summed E-state index contributed by atoms with van der Waals surface area (Å²) in [6, 6.07) is 20.6. The van der Waals surface area contributed by atoms with Crippen LogP contribution in [0.4, 0.5) is 0 Å². The molecular weight excluding hydrogens is 316 g/mol. The number of methoxy groups -OCH3 is 2. The molecule has 1 heterocycles. The first-order chi connectivity index (χ1) is 12.3. The predicted octanol–water partition coefficient (Wildman–Crippen LogP) is 4.57. The molecule has 0 fully saturated rings. The number of benzene rings is 3. The number of hydrogen-bond donors (Lipinski definition) is 0. The Morgan fingerprint density at radius 3 is 2.40 bits per heavy atom. The van der Waals surface area contributed by atoms with Crippen molar-refractivity contribution in [2.45, 2.75) is 0 Å². The van der Waals surface area contributed by atoms with E-state index < -0.39 is 0 Å². The Labute approximate surface area is 146 Å². The van der Waals surface area contributed by atoms with Gasteiger partial charge in [0.1, 0.15) is 11.5 Å². The van der Waals surface area contributed by atoms with Gasteiger partial charge >= 0.3 is 0 Å². The molecule has 0 spiro atoms. The van der Waals surface area contributed by atoms with Crippen LogP contribution in [0.3, 0.4) is 0 Å². The fourth-order valence-electron chi connectivity index (χ4n) is 3.13. The van der Waals surface area contributed by atoms with Gasteiger partial charge in [0.15, 0.2) is 11.5 Å². The minimum Gasteiger partial charge on any atom is -0.496 e. The molecule has 1 radical (unpaired) electrons. The normalized spacial score (nSPS) is 12.1. The molecule has 0 saturated carbocycles. The van der Waals surface area contributed by atoms with Gasteiger partial charge < -0.3 is 18.9 Å². The molecule has 0 N–H and O–H groups in total. The van der Waals surface area contributed by atoms with Gasteiger partial charge in [-0.2, -0.15) is 0 Å². The summed E-state index contributed by atoms with van der Waals surface area (Å²) in [6.45, 7) is 0.233. The molecule has 25 heavy (non-hydrogen) atoms. The van der Waals surface area contributed by atoms with Crippen molar-refractivity contribution in [3.63, 3.8) is 0 Å². The summed E-state index contributed by atoms with van der Waals surface area (Å²) in [7, 11) is 3.32. The molecule has 0 saturated heterocycles. The van der Waals surface area contributed by atoms with Gasteiger partial charge in [-0.05, 0) is 24.3 Å². The number of ether oxygens (including phenoxy) is 4. The van der Waals surface area contributed by atoms with Crippen molar-refractivity contribution >= 4 is 0 Å². The average Bonchev–Trinajstić information content (AvgIpc) is 3.16. The van der Waals surface area contributed by atoms with Crippen LogP contribution >= 0.6 is 0 Å². The maximum atomic E-state index is 5.78. The lowest BCUT2D eigenvalue weighted by molar-refractivity contribution is 0.174. The van der Waals surface area contributed by atoms with E-state index in [9.17, 15) is 0 Å². The topological polar surface area (TPSA) is 36.9 Å². The summed E-state index contributed by atoms with van der Waals surface area (Å²) < 4.78 is 22.4. The standard InChI is InChI=1S/C21H17O4/c1-22-18-11-4-3-7-14(18)15-8-5-9-16(20(15)23-2)17-10-6-12-19-21(17)25-13-24-19/h3,5-12H,13H2,1-2H3. The largest absolute Gasteiger partial charge is 0.496 e. The van der Waals surface area contributed by atoms with Crippen LogP contribution in [-0.2, 0) is 0 Å². The predicted molar refractivity (Wildman–Crippen MR) is 95.4 cm³/mol. The molecule has 0 aliphatic carbocycles. The molecule has 0 amide bonds. The molecule has 0 atom stereocenters. The van der Waals surface area contributed by atoms with Crippen molar-refractivity contribution in [2.24, 2.45) is 0 Å². The van der Waals surface area contributed by atoms with Gasteiger partial charge in [0.2, 0.25) is 6.79 Å². The minimum absolute atomic E-state index is 0.233. The molecule has 4 nitrogen and oxygen atoms in total. The number of rotatable bonds is 4. The average molecular weight is 333 g/mol. The quantitative estimate of drug-likeness (QED) is 0.701. The van der Waals surface area contributed by atoms with Crippen molar-refractivity contribution in [3.05, 3.63) is 60.7 Å². The van der Waals surface area contributed by atoms with Gasteiger partial charge in [-0.15, -0.1) is 0 Å². The molecular formula is C21H17O4. The summed E-state index contributed by atoms with van der Waals surface area (Å²) in [5.41, 5.74) is 3.78. The van der Waals surface area contributed by atoms with Gasteiger partial charge in [-0.25, -0.2) is 0 Å². The van der Waals surface area contributed by atoms with E-state index >= 15 is 0 Å². The van der Waals surface area contributed by atoms with E-state index in [1.165, 1.54) is 0 Å². The Bertz CT molecular complexity index is 918. The highest BCUT2D eigenvalue weighted by atomic mass is 16.7. The summed E-state index contributed by atoms with van der Waals surface area (Å²) >= 11 is 0. The van der Waals surface area contributed by atoms with E-state index in [0.29, 0.717) is 0 Å². The maximum Gasteiger partial charge on any atom is 0.231 e. The molecule has 0 unspecified atom stereocenters. The first kappa shape index (κ1) is 15.4. The van der Waals surface area contributed by atoms with Crippen LogP contribution in [0, 0.1) is 6.07 Å². The highest BCUT2D eigenvalue weighted by Crippen LogP contribution is 2.47. The van der Waals surface area contributed by atoms with E-state index in [1.54, 1.807) is 14.2 Å². The van der Waals surface area contributed by atoms with Crippen LogP contribution in [-0.4, -0.2) is 21.0 Å². The van der Waals surface area contributed by atoms with Gasteiger partial charge in [0, 0.05) is 22.3 Å². The lowest BCUT2D eigenvalue weighted by Crippen LogP contribution is -1.96. The van der Waals surface area contributed by atoms with E-state index in [4.69, 9.17) is 18.9 Å². The molecule has 0 aromatic heterocycles. The Balaban J connectivity index is 1.93. The van der Waals surface area contributed by atoms with Gasteiger partial charge in [-0.1, -0.05) is 36.4 Å². The second-order valence-electron chi connectivity index (χ2n) is 5.55. The van der Waals surface area contributed by atoms with Crippen molar-refractivity contribution in [3.8, 4) is 45.3 Å². The van der Waals surface area contributed by atoms with E-state index in [1.807, 2.05) is 54.6 Å². The molecule has 4 rings (SSSR count). The first-order valence-corrected chi connectivity index (χ1v) is 7.94. The zero-order valence-corrected chi connectivity index (χ0v) is 14.0. The molecule has 1 aliphatic heterocycles. The highest BCUT2D eigenvalue weighted by molar-refractivity contribution is 5.87. The summed E-state index contributed by atoms with van der Waals surface area (Å²) in [5.74, 6) is 3.00. The van der Waals surface area contributed by atoms with Crippen LogP contribution in [0.5, 0.6) is 23.0 Å². The third-order valence-electron chi connectivity index (χ3n) is 4.24. The Hall–Kier alpha value is -3.14. The SMILES string of the molecule is COc1c[c]ccc1-c1cccc(-c2cccc3c2OCO3)c1OC. The minimum atomic E-state index is 0.233. The Kier molecular flexibility index (Phi) is 3.94. The zero-order chi connectivity index (χ0) is 17.2. The fraction of sp³-hybridized carbons (Fsp3) is 0.143. The highest BCUT2D eigenvalue weighted by Gasteiger charge is 2.22. The molecule has 1 aliphatic rings. The smallest absolute Gasteiger partial charge is 0.231 e. The zero-order valence-electron chi connectivity index (χ0n) is 14.0. The van der Waals surface area contributed by atoms with Crippen LogP contribution < -0.4 is 18.9 Å². The molecule has 3 aromatic rings. The van der Waals surface area contributed by atoms with Crippen LogP contribution in [0.1, 0.15) is 0 Å². The summed E-state index contributed by atoms with van der Waals surface area (Å²) in [4.78, 5) is 0. The maximum absolute atomic E-state index is 5.78. The number of hydrogen-bond acceptors (Lipinski definition) is 4. The third-order valence-corrected chi connectivity index (χ3v) is 4.24. The summed E-state index contributed by atoms with van der Waals surface area (Å²) in [6.07, 6.45) is 0. The molecule has 125 valence electrons. The molecule has 3 aromatic carbocycles. The lowest BCUT2D eigenvalue weighted by Gasteiger charge is -2.16. The van der Waals surface area contributed by atoms with Crippen molar-refractivity contribution in [1.82, 2.24) is 0 Å². The van der Waals surface area contributed by atoms with Crippen molar-refractivity contribution in [2.75, 3.05) is 21.0 Å². The third kappa shape index (κ3) is 2.56. The Morgan fingerprint density at radius 1 is 0.840 bits per heavy atom. The van der Waals surface area contributed by atoms with E-state index in [-0.39, 0.29) is 6.79 Å². The monoisotopic (exact) mass is 333 g/mol. The van der Waals surface area contributed by atoms with E-state index in [2.05, 4.69) is 6.07 Å². The number of fused-ring (bicyclic) bond motifs is 1. The van der Waals surface area contributed by atoms with Crippen molar-refractivity contribution < 1.29 is 18.9 Å². The summed E-state index contributed by atoms with van der Waals surface area (Å²) in [5, 5.41) is 0. The molecule has 4 heteroatoms. The second-order valence-corrected chi connectivity index (χ2v) is 5.55. The van der Waals surface area contributed by atoms with Gasteiger partial charge in [0.05, 0.1) is 14.2 Å². The fourth-order valence-corrected chi connectivity index (χ4v) is 3.13. The van der Waals surface area contributed by atoms with Crippen LogP contribution in [0.15, 0.2) is 54.6 Å². The first-order valence-electron chi connectivity index (χ1n) is 7.94. The Morgan fingerprint density at radius 2 is 1.60 bits per heavy atom. The van der Waals surface area contributed by atoms with E-state index in [0.717, 1.165) is 45.3 Å². The number of para-hydroxylation sites is 2. The second kappa shape index (κ2) is 6.40. The van der Waals surface area contributed by atoms with Crippen LogP contribution in [0.25, 0.3) is 22.3 Å². The van der Waals surface area contributed by atoms with Gasteiger partial charge in [-0.3, -0.25) is 0 Å². The van der Waals surface area contributed by atoms with Crippen molar-refractivity contribution in [1.29, 1.82) is 0 Å². The molecule has 0 bridgehead atoms. The lowest BCUT2D eigenvalue weighted by atomic mass is 9.96. The van der Waals surface area contributed by atoms with Crippen LogP contribution in [0.2, 0.25) is 0 Å².